The van der Waals surface area contributed by atoms with Crippen LogP contribution in [0, 0.1) is 0 Å². The number of ketones is 1. The third-order valence-electron chi connectivity index (χ3n) is 6.17. The molecule has 4 unspecified atom stereocenters. The topological polar surface area (TPSA) is 294 Å². The summed E-state index contributed by atoms with van der Waals surface area (Å²) < 4.78 is 20.8. The molecule has 2 saturated heterocycles. The minimum Gasteiger partial charge on any atom is -0.394 e. The van der Waals surface area contributed by atoms with E-state index < -0.39 is 117 Å². The second-order valence-corrected chi connectivity index (χ2v) is 8.88. The van der Waals surface area contributed by atoms with Crippen LogP contribution in [0.1, 0.15) is 0 Å². The Balaban J connectivity index is 1.97. The third kappa shape index (κ3) is 7.36. The summed E-state index contributed by atoms with van der Waals surface area (Å²) in [5.41, 5.74) is -0.697. The summed E-state index contributed by atoms with van der Waals surface area (Å²) in [6.45, 7) is 0.780. The third-order valence-corrected chi connectivity index (χ3v) is 6.17. The van der Waals surface area contributed by atoms with Crippen LogP contribution in [0.4, 0.5) is 0 Å². The van der Waals surface area contributed by atoms with Crippen LogP contribution in [0.3, 0.4) is 0 Å². The number of hydrogen-bond acceptors (Lipinski definition) is 17. The van der Waals surface area contributed by atoms with Gasteiger partial charge in [-0.15, -0.1) is 0 Å². The van der Waals surface area contributed by atoms with Crippen molar-refractivity contribution in [2.24, 2.45) is 0 Å². The number of carbonyl (C=O) groups excluding carboxylic acids is 2. The van der Waals surface area contributed by atoms with Crippen LogP contribution in [0.25, 0.3) is 0 Å². The SMILES string of the molecule is C=C(C=O)C(=O)[C@H](O)[C@@H](O)[C@H](O)[C@H](O)CO[C@H]1O[C@H](CO[C@H]2O[C@H](CO)C(O)C(O)C2O)[C@@H](O)[C@H](O)C1O. The molecule has 38 heavy (non-hydrogen) atoms. The van der Waals surface area contributed by atoms with Crippen LogP contribution in [0.15, 0.2) is 12.2 Å². The zero-order chi connectivity index (χ0) is 28.9. The van der Waals surface area contributed by atoms with Crippen LogP contribution in [-0.4, -0.2) is 174 Å². The highest BCUT2D eigenvalue weighted by molar-refractivity contribution is 6.13. The molecule has 220 valence electrons. The molecule has 0 radical (unpaired) electrons. The quantitative estimate of drug-likeness (QED) is 0.0433. The van der Waals surface area contributed by atoms with Crippen molar-refractivity contribution in [1.29, 1.82) is 0 Å². The van der Waals surface area contributed by atoms with E-state index in [1.807, 2.05) is 0 Å². The Hall–Kier alpha value is -1.52. The van der Waals surface area contributed by atoms with Gasteiger partial charge in [-0.05, 0) is 0 Å². The number of rotatable bonds is 13. The van der Waals surface area contributed by atoms with Gasteiger partial charge in [0.2, 0.25) is 0 Å². The van der Waals surface area contributed by atoms with Gasteiger partial charge in [-0.1, -0.05) is 6.58 Å². The monoisotopic (exact) mass is 558 g/mol. The molecule has 2 aliphatic rings. The van der Waals surface area contributed by atoms with Gasteiger partial charge >= 0.3 is 0 Å². The molecule has 0 spiro atoms. The zero-order valence-corrected chi connectivity index (χ0v) is 19.9. The summed E-state index contributed by atoms with van der Waals surface area (Å²) in [6, 6.07) is 0. The van der Waals surface area contributed by atoms with E-state index in [9.17, 15) is 65.8 Å². The minimum absolute atomic E-state index is 0.0173. The molecular weight excluding hydrogens is 524 g/mol. The number of Topliss-reactive ketones (excluding diaryl/α,β-unsaturated/α-hetero) is 1. The normalized spacial score (nSPS) is 39.1. The molecule has 0 amide bonds. The van der Waals surface area contributed by atoms with Crippen molar-refractivity contribution in [3.63, 3.8) is 0 Å². The lowest BCUT2D eigenvalue weighted by Gasteiger charge is -2.42. The molecule has 2 rings (SSSR count). The summed E-state index contributed by atoms with van der Waals surface area (Å²) in [7, 11) is 0. The van der Waals surface area contributed by atoms with E-state index in [0.717, 1.165) is 0 Å². The van der Waals surface area contributed by atoms with Crippen LogP contribution in [0.5, 0.6) is 0 Å². The molecule has 0 aliphatic carbocycles. The van der Waals surface area contributed by atoms with Gasteiger partial charge in [0.1, 0.15) is 73.2 Å². The van der Waals surface area contributed by atoms with Gasteiger partial charge in [0.25, 0.3) is 0 Å². The molecule has 0 aromatic carbocycles. The van der Waals surface area contributed by atoms with Crippen LogP contribution in [-0.2, 0) is 28.5 Å². The fourth-order valence-electron chi connectivity index (χ4n) is 3.70. The lowest BCUT2D eigenvalue weighted by Crippen LogP contribution is -2.62. The number of aldehydes is 1. The summed E-state index contributed by atoms with van der Waals surface area (Å²) >= 11 is 0. The molecule has 17 nitrogen and oxygen atoms in total. The van der Waals surface area contributed by atoms with Crippen LogP contribution in [0.2, 0.25) is 0 Å². The first kappa shape index (κ1) is 32.7. The van der Waals surface area contributed by atoms with Gasteiger partial charge in [-0.25, -0.2) is 0 Å². The molecule has 2 aliphatic heterocycles. The van der Waals surface area contributed by atoms with E-state index >= 15 is 0 Å². The van der Waals surface area contributed by atoms with E-state index in [2.05, 4.69) is 6.58 Å². The Morgan fingerprint density at radius 2 is 1.29 bits per heavy atom. The van der Waals surface area contributed by atoms with Crippen molar-refractivity contribution in [2.75, 3.05) is 19.8 Å². The lowest BCUT2D eigenvalue weighted by atomic mass is 9.97. The molecular formula is C21H34O17. The van der Waals surface area contributed by atoms with E-state index in [-0.39, 0.29) is 6.29 Å². The number of hydrogen-bond donors (Lipinski definition) is 11. The van der Waals surface area contributed by atoms with Crippen LogP contribution >= 0.6 is 0 Å². The Labute approximate surface area is 215 Å². The first-order valence-electron chi connectivity index (χ1n) is 11.4. The van der Waals surface area contributed by atoms with E-state index in [4.69, 9.17) is 18.9 Å². The van der Waals surface area contributed by atoms with Gasteiger partial charge in [0.15, 0.2) is 24.6 Å². The summed E-state index contributed by atoms with van der Waals surface area (Å²) in [6.07, 6.45) is -25.6. The largest absolute Gasteiger partial charge is 0.394 e. The maximum Gasteiger partial charge on any atom is 0.196 e. The average Bonchev–Trinajstić information content (AvgIpc) is 2.92. The van der Waals surface area contributed by atoms with Crippen molar-refractivity contribution in [1.82, 2.24) is 0 Å². The standard InChI is InChI=1S/C21H34O17/c1-6(2-22)10(25)14(29)15(30)11(26)7(24)4-35-20-19(34)17(32)13(28)9(38-20)5-36-21-18(33)16(31)12(27)8(3-23)37-21/h2,7-9,11-21,23-24,26-34H,1,3-5H2/t7-,8-,9-,11-,12?,13-,14+,15+,16?,17+,18?,19?,20+,21+/m1/s1. The van der Waals surface area contributed by atoms with Gasteiger partial charge in [0, 0.05) is 0 Å². The number of aliphatic hydroxyl groups is 11. The predicted molar refractivity (Wildman–Crippen MR) is 117 cm³/mol. The highest BCUT2D eigenvalue weighted by Crippen LogP contribution is 2.26. The van der Waals surface area contributed by atoms with Gasteiger partial charge < -0.3 is 75.1 Å². The molecule has 0 aromatic heterocycles. The Morgan fingerprint density at radius 1 is 0.789 bits per heavy atom. The molecule has 2 heterocycles. The van der Waals surface area contributed by atoms with E-state index in [1.54, 1.807) is 0 Å². The fraction of sp³-hybridized carbons (Fsp3) is 0.810. The number of ether oxygens (including phenoxy) is 4. The number of carbonyl (C=O) groups is 2. The molecule has 0 bridgehead atoms. The lowest BCUT2D eigenvalue weighted by molar-refractivity contribution is -0.333. The second-order valence-electron chi connectivity index (χ2n) is 8.88. The molecule has 11 N–H and O–H groups in total. The summed E-state index contributed by atoms with van der Waals surface area (Å²) in [4.78, 5) is 22.3. The van der Waals surface area contributed by atoms with Crippen molar-refractivity contribution < 1.29 is 84.7 Å². The summed E-state index contributed by atoms with van der Waals surface area (Å²) in [5.74, 6) is -1.30. The first-order valence-corrected chi connectivity index (χ1v) is 11.4. The highest BCUT2D eigenvalue weighted by Gasteiger charge is 2.48. The Morgan fingerprint density at radius 3 is 1.82 bits per heavy atom. The average molecular weight is 558 g/mol. The zero-order valence-electron chi connectivity index (χ0n) is 19.9. The van der Waals surface area contributed by atoms with E-state index in [1.165, 1.54) is 0 Å². The van der Waals surface area contributed by atoms with Crippen molar-refractivity contribution >= 4 is 12.1 Å². The summed E-state index contributed by atoms with van der Waals surface area (Å²) in [5, 5.41) is 109. The second kappa shape index (κ2) is 14.2. The van der Waals surface area contributed by atoms with Crippen molar-refractivity contribution in [2.45, 2.75) is 85.8 Å². The fourth-order valence-corrected chi connectivity index (χ4v) is 3.70. The maximum atomic E-state index is 11.7. The van der Waals surface area contributed by atoms with E-state index in [0.29, 0.717) is 0 Å². The molecule has 17 heteroatoms. The van der Waals surface area contributed by atoms with Gasteiger partial charge in [0.05, 0.1) is 25.4 Å². The predicted octanol–water partition coefficient (Wildman–Crippen LogP) is -7.61. The Kier molecular flexibility index (Phi) is 12.2. The maximum absolute atomic E-state index is 11.7. The molecule has 2 fully saturated rings. The minimum atomic E-state index is -2.31. The van der Waals surface area contributed by atoms with Gasteiger partial charge in [-0.3, -0.25) is 9.59 Å². The smallest absolute Gasteiger partial charge is 0.196 e. The molecule has 14 atom stereocenters. The highest BCUT2D eigenvalue weighted by atomic mass is 16.7. The number of aliphatic hydroxyl groups excluding tert-OH is 11. The van der Waals surface area contributed by atoms with Crippen molar-refractivity contribution in [3.8, 4) is 0 Å². The van der Waals surface area contributed by atoms with Crippen LogP contribution < -0.4 is 0 Å². The first-order chi connectivity index (χ1) is 17.8. The molecule has 0 aromatic rings. The van der Waals surface area contributed by atoms with Crippen molar-refractivity contribution in [3.05, 3.63) is 12.2 Å². The Bertz CT molecular complexity index is 794. The molecule has 0 saturated carbocycles. The van der Waals surface area contributed by atoms with Gasteiger partial charge in [-0.2, -0.15) is 0 Å².